The molecule has 35 heavy (non-hydrogen) atoms. The first kappa shape index (κ1) is 25.7. The molecule has 0 aliphatic heterocycles. The topological polar surface area (TPSA) is 82.8 Å². The SMILES string of the molecule is CCC(NC(=O)/C=C/c1ccc(OCc2c(C)noc2C)c(OC)c1)c1ccccc1OC(F)F. The van der Waals surface area contributed by atoms with Crippen molar-refractivity contribution in [2.24, 2.45) is 0 Å². The number of halogens is 2. The third-order valence-electron chi connectivity index (χ3n) is 5.40. The number of methoxy groups -OCH3 is 1. The number of ether oxygens (including phenoxy) is 3. The zero-order chi connectivity index (χ0) is 25.4. The average molecular weight is 487 g/mol. The van der Waals surface area contributed by atoms with E-state index >= 15 is 0 Å². The average Bonchev–Trinajstić information content (AvgIpc) is 3.17. The molecule has 3 aromatic rings. The van der Waals surface area contributed by atoms with Crippen molar-refractivity contribution in [2.45, 2.75) is 46.5 Å². The second-order valence-corrected chi connectivity index (χ2v) is 7.72. The van der Waals surface area contributed by atoms with Crippen molar-refractivity contribution in [2.75, 3.05) is 7.11 Å². The van der Waals surface area contributed by atoms with Gasteiger partial charge < -0.3 is 24.1 Å². The van der Waals surface area contributed by atoms with E-state index in [4.69, 9.17) is 14.0 Å². The van der Waals surface area contributed by atoms with Crippen LogP contribution in [0.2, 0.25) is 0 Å². The molecule has 1 aromatic heterocycles. The second-order valence-electron chi connectivity index (χ2n) is 7.72. The number of rotatable bonds is 11. The number of aromatic nitrogens is 1. The van der Waals surface area contributed by atoms with Gasteiger partial charge in [-0.15, -0.1) is 0 Å². The highest BCUT2D eigenvalue weighted by molar-refractivity contribution is 5.92. The predicted molar refractivity (Wildman–Crippen MR) is 127 cm³/mol. The summed E-state index contributed by atoms with van der Waals surface area (Å²) in [7, 11) is 1.53. The van der Waals surface area contributed by atoms with Crippen LogP contribution < -0.4 is 19.5 Å². The third kappa shape index (κ3) is 6.81. The van der Waals surface area contributed by atoms with E-state index in [0.29, 0.717) is 29.2 Å². The van der Waals surface area contributed by atoms with E-state index in [1.807, 2.05) is 20.8 Å². The number of benzene rings is 2. The number of hydrogen-bond donors (Lipinski definition) is 1. The maximum atomic E-state index is 12.7. The highest BCUT2D eigenvalue weighted by Crippen LogP contribution is 2.31. The van der Waals surface area contributed by atoms with Gasteiger partial charge in [0.05, 0.1) is 24.4 Å². The van der Waals surface area contributed by atoms with Crippen LogP contribution in [-0.4, -0.2) is 24.8 Å². The molecule has 7 nitrogen and oxygen atoms in total. The number of alkyl halides is 2. The molecule has 1 N–H and O–H groups in total. The largest absolute Gasteiger partial charge is 0.493 e. The molecule has 0 fully saturated rings. The fourth-order valence-electron chi connectivity index (χ4n) is 3.53. The van der Waals surface area contributed by atoms with Gasteiger partial charge in [0.15, 0.2) is 11.5 Å². The van der Waals surface area contributed by atoms with Crippen molar-refractivity contribution < 1.29 is 32.3 Å². The first-order valence-corrected chi connectivity index (χ1v) is 11.1. The highest BCUT2D eigenvalue weighted by Gasteiger charge is 2.18. The molecule has 0 saturated carbocycles. The smallest absolute Gasteiger partial charge is 0.387 e. The second kappa shape index (κ2) is 12.0. The minimum absolute atomic E-state index is 0.0375. The number of carbonyl (C=O) groups excluding carboxylic acids is 1. The van der Waals surface area contributed by atoms with Gasteiger partial charge in [0.25, 0.3) is 0 Å². The molecule has 0 bridgehead atoms. The quantitative estimate of drug-likeness (QED) is 0.347. The normalized spacial score (nSPS) is 12.1. The summed E-state index contributed by atoms with van der Waals surface area (Å²) >= 11 is 0. The molecule has 1 atom stereocenters. The first-order chi connectivity index (χ1) is 16.8. The summed E-state index contributed by atoms with van der Waals surface area (Å²) in [5.74, 6) is 1.40. The van der Waals surface area contributed by atoms with Crippen molar-refractivity contribution in [3.63, 3.8) is 0 Å². The van der Waals surface area contributed by atoms with E-state index < -0.39 is 12.7 Å². The minimum Gasteiger partial charge on any atom is -0.493 e. The summed E-state index contributed by atoms with van der Waals surface area (Å²) in [4.78, 5) is 12.6. The zero-order valence-corrected chi connectivity index (χ0v) is 20.0. The Morgan fingerprint density at radius 2 is 1.91 bits per heavy atom. The van der Waals surface area contributed by atoms with E-state index in [1.165, 1.54) is 19.3 Å². The maximum absolute atomic E-state index is 12.7. The van der Waals surface area contributed by atoms with Gasteiger partial charge in [0, 0.05) is 11.6 Å². The Labute approximate surface area is 202 Å². The molecule has 3 rings (SSSR count). The van der Waals surface area contributed by atoms with Crippen LogP contribution >= 0.6 is 0 Å². The van der Waals surface area contributed by atoms with Crippen LogP contribution in [0.5, 0.6) is 17.2 Å². The van der Waals surface area contributed by atoms with Gasteiger partial charge in [-0.1, -0.05) is 36.3 Å². The molecular formula is C26H28F2N2O5. The fourth-order valence-corrected chi connectivity index (χ4v) is 3.53. The van der Waals surface area contributed by atoms with Gasteiger partial charge in [-0.25, -0.2) is 0 Å². The molecule has 0 aliphatic rings. The Kier molecular flexibility index (Phi) is 8.83. The summed E-state index contributed by atoms with van der Waals surface area (Å²) in [6.07, 6.45) is 3.50. The lowest BCUT2D eigenvalue weighted by Crippen LogP contribution is -2.27. The molecule has 1 amide bonds. The van der Waals surface area contributed by atoms with Crippen LogP contribution in [0.4, 0.5) is 8.78 Å². The maximum Gasteiger partial charge on any atom is 0.387 e. The summed E-state index contributed by atoms with van der Waals surface area (Å²) < 4.78 is 46.5. The minimum atomic E-state index is -2.95. The van der Waals surface area contributed by atoms with Crippen LogP contribution in [0.1, 0.15) is 47.5 Å². The van der Waals surface area contributed by atoms with Gasteiger partial charge in [-0.3, -0.25) is 4.79 Å². The monoisotopic (exact) mass is 486 g/mol. The summed E-state index contributed by atoms with van der Waals surface area (Å²) in [6, 6.07) is 11.2. The van der Waals surface area contributed by atoms with E-state index in [1.54, 1.807) is 42.5 Å². The number of nitrogens with one attached hydrogen (secondary N) is 1. The predicted octanol–water partition coefficient (Wildman–Crippen LogP) is 5.76. The standard InChI is InChI=1S/C26H28F2N2O5/c1-5-21(19-8-6-7-9-22(19)34-26(27)28)29-25(31)13-11-18-10-12-23(24(14-18)32-4)33-15-20-16(2)30-35-17(20)3/h6-14,21,26H,5,15H2,1-4H3,(H,29,31)/b13-11+. The number of aryl methyl sites for hydroxylation is 2. The third-order valence-corrected chi connectivity index (χ3v) is 5.40. The number of nitrogens with zero attached hydrogens (tertiary/aromatic N) is 1. The Hall–Kier alpha value is -3.88. The molecule has 0 saturated heterocycles. The molecule has 0 spiro atoms. The molecule has 186 valence electrons. The summed E-state index contributed by atoms with van der Waals surface area (Å²) in [5.41, 5.74) is 2.84. The van der Waals surface area contributed by atoms with Crippen LogP contribution in [-0.2, 0) is 11.4 Å². The van der Waals surface area contributed by atoms with E-state index in [9.17, 15) is 13.6 Å². The van der Waals surface area contributed by atoms with Crippen LogP contribution in [0, 0.1) is 13.8 Å². The lowest BCUT2D eigenvalue weighted by atomic mass is 10.0. The molecule has 0 radical (unpaired) electrons. The molecule has 9 heteroatoms. The van der Waals surface area contributed by atoms with Crippen molar-refractivity contribution in [1.29, 1.82) is 0 Å². The Morgan fingerprint density at radius 1 is 1.14 bits per heavy atom. The van der Waals surface area contributed by atoms with E-state index in [0.717, 1.165) is 16.8 Å². The molecule has 0 aliphatic carbocycles. The first-order valence-electron chi connectivity index (χ1n) is 11.1. The van der Waals surface area contributed by atoms with Crippen molar-refractivity contribution in [3.05, 3.63) is 76.7 Å². The molecular weight excluding hydrogens is 458 g/mol. The van der Waals surface area contributed by atoms with Gasteiger partial charge in [-0.2, -0.15) is 8.78 Å². The van der Waals surface area contributed by atoms with Crippen LogP contribution in [0.25, 0.3) is 6.08 Å². The molecule has 1 unspecified atom stereocenters. The van der Waals surface area contributed by atoms with Crippen LogP contribution in [0.3, 0.4) is 0 Å². The Balaban J connectivity index is 1.67. The molecule has 1 heterocycles. The lowest BCUT2D eigenvalue weighted by Gasteiger charge is -2.19. The summed E-state index contributed by atoms with van der Waals surface area (Å²) in [6.45, 7) is 2.85. The van der Waals surface area contributed by atoms with Gasteiger partial charge >= 0.3 is 6.61 Å². The van der Waals surface area contributed by atoms with Crippen molar-refractivity contribution in [1.82, 2.24) is 10.5 Å². The van der Waals surface area contributed by atoms with Gasteiger partial charge in [0.1, 0.15) is 18.1 Å². The van der Waals surface area contributed by atoms with Crippen LogP contribution in [0.15, 0.2) is 53.1 Å². The number of hydrogen-bond acceptors (Lipinski definition) is 6. The zero-order valence-electron chi connectivity index (χ0n) is 20.0. The van der Waals surface area contributed by atoms with Crippen molar-refractivity contribution in [3.8, 4) is 17.2 Å². The number of amides is 1. The van der Waals surface area contributed by atoms with E-state index in [-0.39, 0.29) is 18.3 Å². The fraction of sp³-hybridized carbons (Fsp3) is 0.308. The van der Waals surface area contributed by atoms with E-state index in [2.05, 4.69) is 15.2 Å². The molecule has 2 aromatic carbocycles. The van der Waals surface area contributed by atoms with Crippen molar-refractivity contribution >= 4 is 12.0 Å². The lowest BCUT2D eigenvalue weighted by molar-refractivity contribution is -0.117. The van der Waals surface area contributed by atoms with Gasteiger partial charge in [0.2, 0.25) is 5.91 Å². The van der Waals surface area contributed by atoms with Gasteiger partial charge in [-0.05, 0) is 50.1 Å². The Bertz CT molecular complexity index is 1160. The highest BCUT2D eigenvalue weighted by atomic mass is 19.3. The number of carbonyl (C=O) groups is 1. The summed E-state index contributed by atoms with van der Waals surface area (Å²) in [5, 5.41) is 6.75. The Morgan fingerprint density at radius 3 is 2.57 bits per heavy atom. The number of para-hydroxylation sites is 1.